The zero-order chi connectivity index (χ0) is 31.6. The third kappa shape index (κ3) is 8.81. The molecule has 1 heterocycles. The lowest BCUT2D eigenvalue weighted by atomic mass is 9.92. The zero-order valence-electron chi connectivity index (χ0n) is 23.9. The summed E-state index contributed by atoms with van der Waals surface area (Å²) in [4.78, 5) is 65.9. The Morgan fingerprint density at radius 3 is 2.30 bits per heavy atom. The van der Waals surface area contributed by atoms with Gasteiger partial charge in [-0.3, -0.25) is 19.2 Å². The van der Waals surface area contributed by atoms with Gasteiger partial charge in [0.2, 0.25) is 17.7 Å². The van der Waals surface area contributed by atoms with Gasteiger partial charge in [-0.15, -0.1) is 0 Å². The number of hydrogen-bond donors (Lipinski definition) is 4. The topological polar surface area (TPSA) is 151 Å². The summed E-state index contributed by atoms with van der Waals surface area (Å²) in [7, 11) is 0. The van der Waals surface area contributed by atoms with E-state index in [0.29, 0.717) is 22.7 Å². The molecule has 0 saturated carbocycles. The van der Waals surface area contributed by atoms with Crippen LogP contribution in [0.2, 0.25) is 10.0 Å². The number of amides is 5. The largest absolute Gasteiger partial charge is 0.352 e. The number of nitrogens with two attached hydrogens (primary N) is 1. The fraction of sp³-hybridized carbons (Fsp3) is 0.281. The lowest BCUT2D eigenvalue weighted by Gasteiger charge is -2.37. The Labute approximate surface area is 265 Å². The van der Waals surface area contributed by atoms with Gasteiger partial charge >= 0.3 is 6.03 Å². The number of nitrogens with one attached hydrogen (secondary N) is 3. The molecule has 4 rings (SSSR count). The molecule has 0 aromatic heterocycles. The highest BCUT2D eigenvalue weighted by molar-refractivity contribution is 6.42. The van der Waals surface area contributed by atoms with Crippen LogP contribution in [0.3, 0.4) is 0 Å². The number of anilines is 1. The smallest absolute Gasteiger partial charge is 0.312 e. The molecule has 12 heteroatoms. The Bertz CT molecular complexity index is 1530. The van der Waals surface area contributed by atoms with Gasteiger partial charge in [-0.2, -0.15) is 0 Å². The number of ketones is 1. The molecule has 230 valence electrons. The number of carbonyl (C=O) groups excluding carboxylic acids is 5. The van der Waals surface area contributed by atoms with Gasteiger partial charge in [-0.25, -0.2) is 4.79 Å². The van der Waals surface area contributed by atoms with Crippen LogP contribution >= 0.6 is 23.2 Å². The number of urea groups is 1. The molecule has 3 aromatic rings. The highest BCUT2D eigenvalue weighted by atomic mass is 35.5. The molecule has 0 bridgehead atoms. The second-order valence-electron chi connectivity index (χ2n) is 10.4. The van der Waals surface area contributed by atoms with E-state index in [1.165, 1.54) is 17.0 Å². The van der Waals surface area contributed by atoms with Crippen molar-refractivity contribution in [2.45, 2.75) is 50.7 Å². The van der Waals surface area contributed by atoms with Gasteiger partial charge in [0.1, 0.15) is 12.1 Å². The Kier molecular flexibility index (Phi) is 11.3. The van der Waals surface area contributed by atoms with E-state index in [2.05, 4.69) is 16.0 Å². The minimum absolute atomic E-state index is 0.00310. The minimum atomic E-state index is -1.01. The molecular formula is C32H33Cl2N5O5. The van der Waals surface area contributed by atoms with Crippen LogP contribution in [0.5, 0.6) is 0 Å². The molecule has 0 radical (unpaired) electrons. The first kappa shape index (κ1) is 32.5. The average molecular weight is 639 g/mol. The maximum atomic E-state index is 13.8. The summed E-state index contributed by atoms with van der Waals surface area (Å²) in [5, 5.41) is 8.59. The van der Waals surface area contributed by atoms with E-state index in [9.17, 15) is 24.0 Å². The third-order valence-corrected chi connectivity index (χ3v) is 8.06. The third-order valence-electron chi connectivity index (χ3n) is 7.32. The van der Waals surface area contributed by atoms with Crippen molar-refractivity contribution in [3.05, 3.63) is 99.5 Å². The minimum Gasteiger partial charge on any atom is -0.352 e. The van der Waals surface area contributed by atoms with E-state index in [1.807, 2.05) is 30.3 Å². The fourth-order valence-corrected chi connectivity index (χ4v) is 5.31. The van der Waals surface area contributed by atoms with Crippen LogP contribution in [0, 0.1) is 0 Å². The lowest BCUT2D eigenvalue weighted by molar-refractivity contribution is -0.142. The SMILES string of the molecule is NC(=O)NCCCC(NC(=O)[C@@H]1Cc2ccccc2CN1C(=O)CCC(=O)c1ccccc1)C(=O)Nc1ccc(Cl)c(Cl)c1. The van der Waals surface area contributed by atoms with E-state index in [-0.39, 0.29) is 55.5 Å². The molecule has 1 unspecified atom stereocenters. The van der Waals surface area contributed by atoms with Crippen LogP contribution in [-0.2, 0) is 27.3 Å². The first-order valence-corrected chi connectivity index (χ1v) is 14.9. The zero-order valence-corrected chi connectivity index (χ0v) is 25.4. The van der Waals surface area contributed by atoms with Gasteiger partial charge in [-0.1, -0.05) is 77.8 Å². The fourth-order valence-electron chi connectivity index (χ4n) is 5.01. The molecule has 5 N–H and O–H groups in total. The van der Waals surface area contributed by atoms with E-state index in [0.717, 1.165) is 11.1 Å². The Hall–Kier alpha value is -4.41. The second kappa shape index (κ2) is 15.4. The van der Waals surface area contributed by atoms with Gasteiger partial charge in [0, 0.05) is 43.6 Å². The molecule has 1 aliphatic rings. The second-order valence-corrected chi connectivity index (χ2v) is 11.2. The molecule has 10 nitrogen and oxygen atoms in total. The predicted octanol–water partition coefficient (Wildman–Crippen LogP) is 4.48. The maximum absolute atomic E-state index is 13.8. The summed E-state index contributed by atoms with van der Waals surface area (Å²) in [5.41, 5.74) is 7.87. The number of benzene rings is 3. The molecule has 3 aromatic carbocycles. The first-order valence-electron chi connectivity index (χ1n) is 14.2. The van der Waals surface area contributed by atoms with Crippen molar-refractivity contribution in [2.24, 2.45) is 5.73 Å². The van der Waals surface area contributed by atoms with Crippen LogP contribution < -0.4 is 21.7 Å². The number of nitrogens with zero attached hydrogens (tertiary/aromatic N) is 1. The Balaban J connectivity index is 1.51. The molecule has 2 atom stereocenters. The predicted molar refractivity (Wildman–Crippen MR) is 168 cm³/mol. The summed E-state index contributed by atoms with van der Waals surface area (Å²) < 4.78 is 0. The van der Waals surface area contributed by atoms with Crippen LogP contribution in [0.1, 0.15) is 47.2 Å². The lowest BCUT2D eigenvalue weighted by Crippen LogP contribution is -2.56. The summed E-state index contributed by atoms with van der Waals surface area (Å²) in [5.74, 6) is -1.54. The molecule has 44 heavy (non-hydrogen) atoms. The van der Waals surface area contributed by atoms with Crippen LogP contribution in [-0.4, -0.2) is 53.1 Å². The maximum Gasteiger partial charge on any atom is 0.312 e. The Morgan fingerprint density at radius 1 is 0.886 bits per heavy atom. The summed E-state index contributed by atoms with van der Waals surface area (Å²) in [6.07, 6.45) is 0.670. The number of Topliss-reactive ketones (excluding diaryl/α,β-unsaturated/α-hetero) is 1. The van der Waals surface area contributed by atoms with Crippen molar-refractivity contribution in [1.29, 1.82) is 0 Å². The average Bonchev–Trinajstić information content (AvgIpc) is 3.02. The van der Waals surface area contributed by atoms with Crippen molar-refractivity contribution < 1.29 is 24.0 Å². The van der Waals surface area contributed by atoms with Gasteiger partial charge in [-0.05, 0) is 42.2 Å². The monoisotopic (exact) mass is 637 g/mol. The standard InChI is InChI=1S/C32H33Cl2N5O5/c33-24-13-12-23(18-25(24)34)37-30(42)26(11-6-16-36-32(35)44)38-31(43)27-17-21-9-4-5-10-22(21)19-39(27)29(41)15-14-28(40)20-7-2-1-3-8-20/h1-5,7-10,12-13,18,26-27H,6,11,14-17,19H2,(H,37,42)(H,38,43)(H3,35,36,44)/t26?,27-/m0/s1. The van der Waals surface area contributed by atoms with Crippen molar-refractivity contribution in [3.63, 3.8) is 0 Å². The van der Waals surface area contributed by atoms with Crippen molar-refractivity contribution in [2.75, 3.05) is 11.9 Å². The van der Waals surface area contributed by atoms with E-state index in [1.54, 1.807) is 30.3 Å². The van der Waals surface area contributed by atoms with E-state index in [4.69, 9.17) is 28.9 Å². The summed E-state index contributed by atoms with van der Waals surface area (Å²) in [6.45, 7) is 0.383. The number of hydrogen-bond acceptors (Lipinski definition) is 5. The first-order chi connectivity index (χ1) is 21.1. The number of fused-ring (bicyclic) bond motifs is 1. The van der Waals surface area contributed by atoms with Crippen LogP contribution in [0.25, 0.3) is 0 Å². The van der Waals surface area contributed by atoms with Crippen molar-refractivity contribution in [1.82, 2.24) is 15.5 Å². The van der Waals surface area contributed by atoms with E-state index < -0.39 is 29.9 Å². The molecule has 1 aliphatic heterocycles. The summed E-state index contributed by atoms with van der Waals surface area (Å²) in [6, 6.07) is 18.2. The quantitative estimate of drug-likeness (QED) is 0.170. The Morgan fingerprint density at radius 2 is 1.59 bits per heavy atom. The van der Waals surface area contributed by atoms with Gasteiger partial charge in [0.05, 0.1) is 10.0 Å². The van der Waals surface area contributed by atoms with Gasteiger partial charge < -0.3 is 26.6 Å². The highest BCUT2D eigenvalue weighted by Crippen LogP contribution is 2.26. The normalized spacial score (nSPS) is 14.6. The molecule has 0 spiro atoms. The number of primary amides is 1. The number of halogens is 2. The van der Waals surface area contributed by atoms with Crippen molar-refractivity contribution in [3.8, 4) is 0 Å². The molecule has 0 fully saturated rings. The van der Waals surface area contributed by atoms with Crippen LogP contribution in [0.4, 0.5) is 10.5 Å². The molecule has 0 aliphatic carbocycles. The molecular weight excluding hydrogens is 605 g/mol. The summed E-state index contributed by atoms with van der Waals surface area (Å²) >= 11 is 12.1. The van der Waals surface area contributed by atoms with E-state index >= 15 is 0 Å². The molecule has 5 amide bonds. The van der Waals surface area contributed by atoms with Gasteiger partial charge in [0.15, 0.2) is 5.78 Å². The number of rotatable bonds is 12. The van der Waals surface area contributed by atoms with Crippen LogP contribution in [0.15, 0.2) is 72.8 Å². The van der Waals surface area contributed by atoms with Gasteiger partial charge in [0.25, 0.3) is 0 Å². The number of carbonyl (C=O) groups is 5. The van der Waals surface area contributed by atoms with Crippen molar-refractivity contribution >= 4 is 58.4 Å². The molecule has 0 saturated heterocycles. The highest BCUT2D eigenvalue weighted by Gasteiger charge is 2.36.